The van der Waals surface area contributed by atoms with Crippen LogP contribution in [0.4, 0.5) is 4.79 Å². The fraction of sp³-hybridized carbons (Fsp3) is 0.474. The minimum absolute atomic E-state index is 0.00536. The first kappa shape index (κ1) is 20.1. The Morgan fingerprint density at radius 1 is 1.27 bits per heavy atom. The standard InChI is InChI=1S/C19H25ClN2O4/c1-5-8-22-18(23)15(21-19(22)24)10-13-9-14(20)17(26-12(4)6-2)16(11-13)25-7-3/h9-12H,5-8H2,1-4H3,(H,21,24)/b15-10+/t12-/m0/s1. The topological polar surface area (TPSA) is 67.9 Å². The van der Waals surface area contributed by atoms with E-state index in [9.17, 15) is 9.59 Å². The van der Waals surface area contributed by atoms with Gasteiger partial charge in [-0.25, -0.2) is 4.79 Å². The molecule has 1 aromatic rings. The Balaban J connectivity index is 2.36. The number of rotatable bonds is 8. The van der Waals surface area contributed by atoms with Crippen molar-refractivity contribution in [2.75, 3.05) is 13.2 Å². The molecular weight excluding hydrogens is 356 g/mol. The van der Waals surface area contributed by atoms with Gasteiger partial charge < -0.3 is 14.8 Å². The van der Waals surface area contributed by atoms with Crippen LogP contribution >= 0.6 is 11.6 Å². The van der Waals surface area contributed by atoms with E-state index in [0.29, 0.717) is 41.7 Å². The van der Waals surface area contributed by atoms with Gasteiger partial charge in [0.05, 0.1) is 17.7 Å². The van der Waals surface area contributed by atoms with Gasteiger partial charge in [0.1, 0.15) is 5.70 Å². The van der Waals surface area contributed by atoms with E-state index in [4.69, 9.17) is 21.1 Å². The molecule has 6 nitrogen and oxygen atoms in total. The number of urea groups is 1. The van der Waals surface area contributed by atoms with E-state index in [-0.39, 0.29) is 17.7 Å². The van der Waals surface area contributed by atoms with E-state index < -0.39 is 6.03 Å². The van der Waals surface area contributed by atoms with Crippen LogP contribution in [0.5, 0.6) is 11.5 Å². The maximum Gasteiger partial charge on any atom is 0.329 e. The first-order valence-corrected chi connectivity index (χ1v) is 9.26. The first-order chi connectivity index (χ1) is 12.4. The summed E-state index contributed by atoms with van der Waals surface area (Å²) in [6.07, 6.45) is 3.13. The van der Waals surface area contributed by atoms with Crippen LogP contribution in [0.15, 0.2) is 17.8 Å². The molecule has 1 N–H and O–H groups in total. The fourth-order valence-corrected chi connectivity index (χ4v) is 2.76. The highest BCUT2D eigenvalue weighted by molar-refractivity contribution is 6.32. The van der Waals surface area contributed by atoms with Gasteiger partial charge in [-0.05, 0) is 50.5 Å². The molecule has 0 saturated carbocycles. The molecular formula is C19H25ClN2O4. The minimum Gasteiger partial charge on any atom is -0.490 e. The van der Waals surface area contributed by atoms with Gasteiger partial charge in [0, 0.05) is 6.54 Å². The van der Waals surface area contributed by atoms with Gasteiger partial charge in [-0.15, -0.1) is 0 Å². The van der Waals surface area contributed by atoms with Crippen molar-refractivity contribution in [1.82, 2.24) is 10.2 Å². The zero-order valence-corrected chi connectivity index (χ0v) is 16.4. The summed E-state index contributed by atoms with van der Waals surface area (Å²) in [7, 11) is 0. The minimum atomic E-state index is -0.407. The SMILES string of the molecule is CCCN1C(=O)N/C(=C/c2cc(Cl)c(O[C@@H](C)CC)c(OCC)c2)C1=O. The molecule has 1 saturated heterocycles. The Kier molecular flexibility index (Phi) is 6.91. The number of ether oxygens (including phenoxy) is 2. The highest BCUT2D eigenvalue weighted by Crippen LogP contribution is 2.38. The molecule has 1 fully saturated rings. The lowest BCUT2D eigenvalue weighted by Crippen LogP contribution is -2.31. The molecule has 142 valence electrons. The predicted molar refractivity (Wildman–Crippen MR) is 102 cm³/mol. The van der Waals surface area contributed by atoms with Gasteiger partial charge in [-0.3, -0.25) is 9.69 Å². The molecule has 0 unspecified atom stereocenters. The second-order valence-electron chi connectivity index (χ2n) is 6.04. The van der Waals surface area contributed by atoms with Gasteiger partial charge in [0.2, 0.25) is 0 Å². The molecule has 1 aromatic carbocycles. The number of hydrogen-bond acceptors (Lipinski definition) is 4. The molecule has 2 rings (SSSR count). The highest BCUT2D eigenvalue weighted by atomic mass is 35.5. The third-order valence-electron chi connectivity index (χ3n) is 3.95. The number of halogens is 1. The molecule has 1 aliphatic heterocycles. The van der Waals surface area contributed by atoms with Crippen LogP contribution in [-0.2, 0) is 4.79 Å². The molecule has 3 amide bonds. The zero-order chi connectivity index (χ0) is 19.3. The molecule has 0 aromatic heterocycles. The smallest absolute Gasteiger partial charge is 0.329 e. The van der Waals surface area contributed by atoms with E-state index in [1.165, 1.54) is 4.90 Å². The van der Waals surface area contributed by atoms with Crippen molar-refractivity contribution in [3.05, 3.63) is 28.4 Å². The van der Waals surface area contributed by atoms with Crippen LogP contribution in [0.2, 0.25) is 5.02 Å². The quantitative estimate of drug-likeness (QED) is 0.541. The lowest BCUT2D eigenvalue weighted by atomic mass is 10.1. The molecule has 0 radical (unpaired) electrons. The maximum absolute atomic E-state index is 12.3. The van der Waals surface area contributed by atoms with E-state index in [2.05, 4.69) is 5.32 Å². The van der Waals surface area contributed by atoms with Gasteiger partial charge >= 0.3 is 6.03 Å². The average molecular weight is 381 g/mol. The maximum atomic E-state index is 12.3. The molecule has 0 aliphatic carbocycles. The molecule has 1 atom stereocenters. The van der Waals surface area contributed by atoms with E-state index >= 15 is 0 Å². The Hall–Kier alpha value is -2.21. The van der Waals surface area contributed by atoms with Crippen molar-refractivity contribution in [2.45, 2.75) is 46.6 Å². The van der Waals surface area contributed by atoms with Crippen molar-refractivity contribution in [3.63, 3.8) is 0 Å². The third-order valence-corrected chi connectivity index (χ3v) is 4.23. The number of nitrogens with one attached hydrogen (secondary N) is 1. The molecule has 1 heterocycles. The number of amides is 3. The van der Waals surface area contributed by atoms with Crippen molar-refractivity contribution in [1.29, 1.82) is 0 Å². The number of carbonyl (C=O) groups excluding carboxylic acids is 2. The number of imide groups is 1. The summed E-state index contributed by atoms with van der Waals surface area (Å²) in [5.41, 5.74) is 0.870. The third kappa shape index (κ3) is 4.49. The van der Waals surface area contributed by atoms with Crippen LogP contribution in [0.3, 0.4) is 0 Å². The van der Waals surface area contributed by atoms with Crippen LogP contribution in [0.25, 0.3) is 6.08 Å². The molecule has 7 heteroatoms. The van der Waals surface area contributed by atoms with Gasteiger partial charge in [-0.1, -0.05) is 25.4 Å². The largest absolute Gasteiger partial charge is 0.490 e. The van der Waals surface area contributed by atoms with E-state index in [1.54, 1.807) is 18.2 Å². The Labute approximate surface area is 159 Å². The normalized spacial score (nSPS) is 16.8. The van der Waals surface area contributed by atoms with Crippen LogP contribution in [-0.4, -0.2) is 36.1 Å². The van der Waals surface area contributed by atoms with Crippen LogP contribution in [0.1, 0.15) is 46.1 Å². The van der Waals surface area contributed by atoms with Crippen LogP contribution in [0, 0.1) is 0 Å². The van der Waals surface area contributed by atoms with E-state index in [0.717, 1.165) is 6.42 Å². The van der Waals surface area contributed by atoms with E-state index in [1.807, 2.05) is 27.7 Å². The number of nitrogens with zero attached hydrogens (tertiary/aromatic N) is 1. The van der Waals surface area contributed by atoms with Crippen molar-refractivity contribution < 1.29 is 19.1 Å². The van der Waals surface area contributed by atoms with Crippen molar-refractivity contribution in [3.8, 4) is 11.5 Å². The Morgan fingerprint density at radius 2 is 2.00 bits per heavy atom. The molecule has 0 bridgehead atoms. The summed E-state index contributed by atoms with van der Waals surface area (Å²) in [6, 6.07) is 3.04. The molecule has 26 heavy (non-hydrogen) atoms. The highest BCUT2D eigenvalue weighted by Gasteiger charge is 2.32. The summed E-state index contributed by atoms with van der Waals surface area (Å²) in [4.78, 5) is 25.4. The molecule has 0 spiro atoms. The second-order valence-corrected chi connectivity index (χ2v) is 6.45. The van der Waals surface area contributed by atoms with Crippen molar-refractivity contribution in [2.24, 2.45) is 0 Å². The first-order valence-electron chi connectivity index (χ1n) is 8.88. The van der Waals surface area contributed by atoms with Gasteiger partial charge in [0.25, 0.3) is 5.91 Å². The average Bonchev–Trinajstić information content (AvgIpc) is 2.86. The lowest BCUT2D eigenvalue weighted by molar-refractivity contribution is -0.122. The monoisotopic (exact) mass is 380 g/mol. The lowest BCUT2D eigenvalue weighted by Gasteiger charge is -2.18. The predicted octanol–water partition coefficient (Wildman–Crippen LogP) is 4.22. The summed E-state index contributed by atoms with van der Waals surface area (Å²) >= 11 is 6.38. The van der Waals surface area contributed by atoms with Crippen molar-refractivity contribution >= 4 is 29.6 Å². The number of benzene rings is 1. The Bertz CT molecular complexity index is 718. The molecule has 1 aliphatic rings. The van der Waals surface area contributed by atoms with Crippen LogP contribution < -0.4 is 14.8 Å². The van der Waals surface area contributed by atoms with Gasteiger partial charge in [-0.2, -0.15) is 0 Å². The summed E-state index contributed by atoms with van der Waals surface area (Å²) in [6.45, 7) is 8.59. The van der Waals surface area contributed by atoms with Gasteiger partial charge in [0.15, 0.2) is 11.5 Å². The zero-order valence-electron chi connectivity index (χ0n) is 15.6. The summed E-state index contributed by atoms with van der Waals surface area (Å²) < 4.78 is 11.5. The summed E-state index contributed by atoms with van der Waals surface area (Å²) in [5.74, 6) is 0.652. The Morgan fingerprint density at radius 3 is 2.62 bits per heavy atom. The second kappa shape index (κ2) is 8.94. The number of hydrogen-bond donors (Lipinski definition) is 1. The summed E-state index contributed by atoms with van der Waals surface area (Å²) in [5, 5.41) is 2.99. The fourth-order valence-electron chi connectivity index (χ4n) is 2.50. The number of carbonyl (C=O) groups is 2.